The Morgan fingerprint density at radius 3 is 1.65 bits per heavy atom. The van der Waals surface area contributed by atoms with Crippen molar-refractivity contribution in [2.75, 3.05) is 13.2 Å². The first-order valence-electron chi connectivity index (χ1n) is 7.65. The lowest BCUT2D eigenvalue weighted by Crippen LogP contribution is -2.01. The molecule has 120 valence electrons. The molecule has 4 rings (SSSR count). The summed E-state index contributed by atoms with van der Waals surface area (Å²) < 4.78 is 19.5. The molecule has 3 nitrogen and oxygen atoms in total. The van der Waals surface area contributed by atoms with Crippen LogP contribution in [0.15, 0.2) is 36.4 Å². The molecule has 2 fully saturated rings. The third-order valence-electron chi connectivity index (χ3n) is 3.96. The van der Waals surface area contributed by atoms with E-state index in [1.165, 1.54) is 18.3 Å². The van der Waals surface area contributed by atoms with Gasteiger partial charge in [0, 0.05) is 20.0 Å². The highest BCUT2D eigenvalue weighted by atomic mass is 127. The smallest absolute Gasteiger partial charge is 0.130 e. The fourth-order valence-corrected chi connectivity index (χ4v) is 3.71. The van der Waals surface area contributed by atoms with Crippen molar-refractivity contribution < 1.29 is 14.2 Å². The highest BCUT2D eigenvalue weighted by molar-refractivity contribution is 14.1. The predicted octanol–water partition coefficient (Wildman–Crippen LogP) is 4.57. The van der Waals surface area contributed by atoms with E-state index < -0.39 is 0 Å². The molecule has 2 heterocycles. The van der Waals surface area contributed by atoms with Gasteiger partial charge in [-0.25, -0.2) is 0 Å². The van der Waals surface area contributed by atoms with Crippen molar-refractivity contribution in [2.45, 2.75) is 25.0 Å². The second-order valence-electron chi connectivity index (χ2n) is 5.93. The third-order valence-corrected chi connectivity index (χ3v) is 5.31. The topological polar surface area (TPSA) is 34.3 Å². The fraction of sp³-hybridized carbons (Fsp3) is 0.333. The molecule has 2 atom stereocenters. The van der Waals surface area contributed by atoms with Gasteiger partial charge in [-0.05, 0) is 92.7 Å². The maximum atomic E-state index is 6.29. The van der Waals surface area contributed by atoms with E-state index in [4.69, 9.17) is 14.2 Å². The number of hydrogen-bond acceptors (Lipinski definition) is 3. The van der Waals surface area contributed by atoms with Crippen molar-refractivity contribution in [1.82, 2.24) is 0 Å². The number of rotatable bonds is 6. The fourth-order valence-electron chi connectivity index (χ4n) is 2.60. The second-order valence-corrected chi connectivity index (χ2v) is 8.42. The summed E-state index contributed by atoms with van der Waals surface area (Å²) in [5, 5.41) is 0. The van der Waals surface area contributed by atoms with Crippen LogP contribution in [0.1, 0.15) is 11.1 Å². The summed E-state index contributed by atoms with van der Waals surface area (Å²) >= 11 is 4.68. The first-order chi connectivity index (χ1) is 11.2. The maximum Gasteiger partial charge on any atom is 0.130 e. The van der Waals surface area contributed by atoms with Crippen LogP contribution in [0.5, 0.6) is 11.5 Å². The van der Waals surface area contributed by atoms with Gasteiger partial charge in [-0.3, -0.25) is 0 Å². The van der Waals surface area contributed by atoms with Gasteiger partial charge in [-0.2, -0.15) is 0 Å². The molecule has 23 heavy (non-hydrogen) atoms. The number of halogens is 2. The monoisotopic (exact) mass is 534 g/mol. The van der Waals surface area contributed by atoms with Crippen molar-refractivity contribution in [1.29, 1.82) is 0 Å². The summed E-state index contributed by atoms with van der Waals surface area (Å²) in [7, 11) is 0. The Morgan fingerprint density at radius 2 is 1.26 bits per heavy atom. The van der Waals surface area contributed by atoms with E-state index in [2.05, 4.69) is 81.6 Å². The highest BCUT2D eigenvalue weighted by Gasteiger charge is 2.26. The van der Waals surface area contributed by atoms with Crippen LogP contribution in [0.2, 0.25) is 0 Å². The summed E-state index contributed by atoms with van der Waals surface area (Å²) in [4.78, 5) is 0. The van der Waals surface area contributed by atoms with E-state index >= 15 is 0 Å². The Balaban J connectivity index is 1.61. The normalized spacial score (nSPS) is 22.0. The zero-order chi connectivity index (χ0) is 15.8. The van der Waals surface area contributed by atoms with Crippen LogP contribution in [0, 0.1) is 7.14 Å². The number of epoxide rings is 2. The molecule has 2 aromatic carbocycles. The minimum absolute atomic E-state index is 0.353. The molecule has 0 unspecified atom stereocenters. The van der Waals surface area contributed by atoms with Gasteiger partial charge in [0.25, 0.3) is 0 Å². The standard InChI is InChI=1S/C18H16I2O3/c19-13-1-3-17(11(5-13)7-15-9-21-15)23-18-4-2-14(20)6-12(18)8-16-10-22-16/h1-6,15-16H,7-10H2/t15-,16-/m0/s1. The molecule has 0 radical (unpaired) electrons. The van der Waals surface area contributed by atoms with E-state index in [-0.39, 0.29) is 0 Å². The Kier molecular flexibility index (Phi) is 4.80. The molecule has 0 aliphatic carbocycles. The molecule has 0 spiro atoms. The minimum Gasteiger partial charge on any atom is -0.457 e. The molecule has 0 amide bonds. The second kappa shape index (κ2) is 6.85. The van der Waals surface area contributed by atoms with Gasteiger partial charge in [0.2, 0.25) is 0 Å². The van der Waals surface area contributed by atoms with Gasteiger partial charge < -0.3 is 14.2 Å². The Bertz CT molecular complexity index is 663. The largest absolute Gasteiger partial charge is 0.457 e. The summed E-state index contributed by atoms with van der Waals surface area (Å²) in [5.74, 6) is 1.86. The average Bonchev–Trinajstić information content (AvgIpc) is 3.40. The molecule has 2 aliphatic heterocycles. The predicted molar refractivity (Wildman–Crippen MR) is 105 cm³/mol. The summed E-state index contributed by atoms with van der Waals surface area (Å²) in [6, 6.07) is 12.7. The minimum atomic E-state index is 0.353. The molecule has 0 N–H and O–H groups in total. The zero-order valence-electron chi connectivity index (χ0n) is 12.4. The van der Waals surface area contributed by atoms with Crippen LogP contribution < -0.4 is 4.74 Å². The van der Waals surface area contributed by atoms with Crippen molar-refractivity contribution in [3.63, 3.8) is 0 Å². The van der Waals surface area contributed by atoms with Crippen LogP contribution >= 0.6 is 45.2 Å². The molecule has 2 aliphatic rings. The summed E-state index contributed by atoms with van der Waals surface area (Å²) in [6.45, 7) is 1.72. The van der Waals surface area contributed by atoms with E-state index in [9.17, 15) is 0 Å². The number of ether oxygens (including phenoxy) is 3. The quantitative estimate of drug-likeness (QED) is 0.403. The number of benzene rings is 2. The van der Waals surface area contributed by atoms with Crippen molar-refractivity contribution >= 4 is 45.2 Å². The lowest BCUT2D eigenvalue weighted by atomic mass is 10.1. The van der Waals surface area contributed by atoms with Crippen LogP contribution in [0.25, 0.3) is 0 Å². The Labute approximate surface area is 163 Å². The lowest BCUT2D eigenvalue weighted by molar-refractivity contribution is 0.398. The molecule has 0 aromatic heterocycles. The average molecular weight is 534 g/mol. The van der Waals surface area contributed by atoms with Gasteiger partial charge in [0.1, 0.15) is 11.5 Å². The Hall–Kier alpha value is -0.380. The van der Waals surface area contributed by atoms with Crippen LogP contribution in [-0.2, 0) is 22.3 Å². The van der Waals surface area contributed by atoms with Gasteiger partial charge in [0.05, 0.1) is 25.4 Å². The van der Waals surface area contributed by atoms with Crippen LogP contribution in [-0.4, -0.2) is 25.4 Å². The van der Waals surface area contributed by atoms with Gasteiger partial charge >= 0.3 is 0 Å². The first kappa shape index (κ1) is 16.1. The third kappa shape index (κ3) is 4.37. The van der Waals surface area contributed by atoms with Gasteiger partial charge in [0.15, 0.2) is 0 Å². The zero-order valence-corrected chi connectivity index (χ0v) is 16.7. The molecule has 0 bridgehead atoms. The molecule has 5 heteroatoms. The van der Waals surface area contributed by atoms with Crippen molar-refractivity contribution in [3.8, 4) is 11.5 Å². The molecular weight excluding hydrogens is 518 g/mol. The van der Waals surface area contributed by atoms with E-state index in [0.717, 1.165) is 37.6 Å². The van der Waals surface area contributed by atoms with Crippen molar-refractivity contribution in [2.24, 2.45) is 0 Å². The number of hydrogen-bond donors (Lipinski definition) is 0. The SMILES string of the molecule is Ic1ccc(Oc2ccc(I)cc2C[C@H]2CO2)c(C[C@H]2CO2)c1. The van der Waals surface area contributed by atoms with E-state index in [1.54, 1.807) is 0 Å². The van der Waals surface area contributed by atoms with Crippen LogP contribution in [0.4, 0.5) is 0 Å². The first-order valence-corrected chi connectivity index (χ1v) is 9.81. The maximum absolute atomic E-state index is 6.29. The molecule has 2 saturated heterocycles. The summed E-state index contributed by atoms with van der Waals surface area (Å²) in [5.41, 5.74) is 2.43. The molecule has 0 saturated carbocycles. The lowest BCUT2D eigenvalue weighted by Gasteiger charge is -2.14. The van der Waals surface area contributed by atoms with Crippen LogP contribution in [0.3, 0.4) is 0 Å². The van der Waals surface area contributed by atoms with E-state index in [0.29, 0.717) is 12.2 Å². The molecule has 2 aromatic rings. The van der Waals surface area contributed by atoms with Gasteiger partial charge in [-0.15, -0.1) is 0 Å². The van der Waals surface area contributed by atoms with E-state index in [1.807, 2.05) is 0 Å². The van der Waals surface area contributed by atoms with Crippen molar-refractivity contribution in [3.05, 3.63) is 54.7 Å². The highest BCUT2D eigenvalue weighted by Crippen LogP contribution is 2.34. The summed E-state index contributed by atoms with van der Waals surface area (Å²) in [6.07, 6.45) is 2.54. The van der Waals surface area contributed by atoms with Gasteiger partial charge in [-0.1, -0.05) is 0 Å². The molecular formula is C18H16I2O3. The Morgan fingerprint density at radius 1 is 0.826 bits per heavy atom.